The number of nitrogens with zero attached hydrogens (tertiary/aromatic N) is 2. The van der Waals surface area contributed by atoms with Gasteiger partial charge in [-0.1, -0.05) is 46.9 Å². The van der Waals surface area contributed by atoms with E-state index in [0.717, 1.165) is 5.69 Å². The van der Waals surface area contributed by atoms with Crippen LogP contribution in [0.5, 0.6) is 0 Å². The van der Waals surface area contributed by atoms with Crippen molar-refractivity contribution in [3.05, 3.63) is 45.7 Å². The molecular weight excluding hydrogens is 268 g/mol. The van der Waals surface area contributed by atoms with Crippen LogP contribution in [0.25, 0.3) is 0 Å². The molecule has 0 unspecified atom stereocenters. The molecule has 16 heavy (non-hydrogen) atoms. The number of para-hydroxylation sites is 1. The maximum Gasteiger partial charge on any atom is 0.175 e. The number of hydrogen-bond acceptors (Lipinski definition) is 3. The topological polar surface area (TPSA) is 37.8 Å². The highest BCUT2D eigenvalue weighted by Crippen LogP contribution is 2.28. The molecule has 0 aliphatic rings. The van der Waals surface area contributed by atoms with Gasteiger partial charge in [-0.05, 0) is 12.1 Å². The molecule has 1 aromatic carbocycles. The van der Waals surface area contributed by atoms with Crippen LogP contribution < -0.4 is 5.32 Å². The number of aromatic nitrogens is 2. The van der Waals surface area contributed by atoms with E-state index in [0.29, 0.717) is 10.7 Å². The van der Waals surface area contributed by atoms with Crippen molar-refractivity contribution in [1.82, 2.24) is 10.2 Å². The Morgan fingerprint density at radius 3 is 2.44 bits per heavy atom. The molecule has 3 nitrogen and oxygen atoms in total. The summed E-state index contributed by atoms with van der Waals surface area (Å²) in [7, 11) is 0. The van der Waals surface area contributed by atoms with Crippen LogP contribution in [0.3, 0.4) is 0 Å². The summed E-state index contributed by atoms with van der Waals surface area (Å²) in [5, 5.41) is 11.4. The van der Waals surface area contributed by atoms with Gasteiger partial charge in [0.05, 0.1) is 16.4 Å². The summed E-state index contributed by atoms with van der Waals surface area (Å²) in [5.41, 5.74) is 1.30. The van der Waals surface area contributed by atoms with Gasteiger partial charge in [-0.15, -0.1) is 10.2 Å². The van der Waals surface area contributed by atoms with Gasteiger partial charge in [0.15, 0.2) is 10.3 Å². The summed E-state index contributed by atoms with van der Waals surface area (Å²) in [5.74, 6) is 0. The summed E-state index contributed by atoms with van der Waals surface area (Å²) in [6.45, 7) is 0. The largest absolute Gasteiger partial charge is 0.352 e. The predicted octanol–water partition coefficient (Wildman–Crippen LogP) is 4.18. The van der Waals surface area contributed by atoms with E-state index in [2.05, 4.69) is 15.5 Å². The lowest BCUT2D eigenvalue weighted by Crippen LogP contribution is -1.95. The van der Waals surface area contributed by atoms with Crippen LogP contribution >= 0.6 is 34.8 Å². The predicted molar refractivity (Wildman–Crippen MR) is 66.8 cm³/mol. The van der Waals surface area contributed by atoms with Gasteiger partial charge in [-0.25, -0.2) is 0 Å². The van der Waals surface area contributed by atoms with Crippen molar-refractivity contribution in [3.63, 3.8) is 0 Å². The van der Waals surface area contributed by atoms with Crippen molar-refractivity contribution in [2.75, 3.05) is 5.32 Å². The van der Waals surface area contributed by atoms with Gasteiger partial charge in [-0.2, -0.15) is 0 Å². The van der Waals surface area contributed by atoms with Gasteiger partial charge in [0, 0.05) is 6.07 Å². The van der Waals surface area contributed by atoms with Crippen LogP contribution in [0.2, 0.25) is 15.3 Å². The third kappa shape index (κ3) is 2.55. The number of hydrogen-bond donors (Lipinski definition) is 1. The van der Waals surface area contributed by atoms with Crippen molar-refractivity contribution >= 4 is 46.2 Å². The van der Waals surface area contributed by atoms with Crippen molar-refractivity contribution in [2.45, 2.75) is 0 Å². The summed E-state index contributed by atoms with van der Waals surface area (Å²) >= 11 is 17.6. The lowest BCUT2D eigenvalue weighted by atomic mass is 10.3. The molecule has 0 bridgehead atoms. The van der Waals surface area contributed by atoms with Crippen molar-refractivity contribution < 1.29 is 0 Å². The molecule has 1 N–H and O–H groups in total. The minimum Gasteiger partial charge on any atom is -0.352 e. The zero-order valence-electron chi connectivity index (χ0n) is 7.92. The van der Waals surface area contributed by atoms with E-state index in [-0.39, 0.29) is 10.3 Å². The molecular formula is C10H6Cl3N3. The molecule has 0 spiro atoms. The molecule has 0 saturated heterocycles. The Hall–Kier alpha value is -1.03. The third-order valence-corrected chi connectivity index (χ3v) is 2.66. The second kappa shape index (κ2) is 4.87. The highest BCUT2D eigenvalue weighted by Gasteiger charge is 2.06. The van der Waals surface area contributed by atoms with Crippen molar-refractivity contribution in [2.24, 2.45) is 0 Å². The average Bonchev–Trinajstić information content (AvgIpc) is 2.27. The van der Waals surface area contributed by atoms with E-state index in [4.69, 9.17) is 34.8 Å². The lowest BCUT2D eigenvalue weighted by molar-refractivity contribution is 1.03. The fourth-order valence-corrected chi connectivity index (χ4v) is 1.62. The first-order chi connectivity index (χ1) is 7.66. The number of rotatable bonds is 2. The lowest BCUT2D eigenvalue weighted by Gasteiger charge is -2.08. The Morgan fingerprint density at radius 2 is 1.69 bits per heavy atom. The van der Waals surface area contributed by atoms with Crippen LogP contribution in [0.4, 0.5) is 11.4 Å². The van der Waals surface area contributed by atoms with Crippen LogP contribution in [0.15, 0.2) is 30.3 Å². The van der Waals surface area contributed by atoms with Gasteiger partial charge < -0.3 is 5.32 Å². The molecule has 2 aromatic rings. The molecule has 82 valence electrons. The summed E-state index contributed by atoms with van der Waals surface area (Å²) in [6.07, 6.45) is 0. The van der Waals surface area contributed by atoms with Crippen LogP contribution in [0, 0.1) is 0 Å². The Labute approximate surface area is 107 Å². The van der Waals surface area contributed by atoms with E-state index in [9.17, 15) is 0 Å². The maximum absolute atomic E-state index is 5.99. The SMILES string of the molecule is Clc1cc(Nc2ccccc2Cl)c(Cl)nn1. The van der Waals surface area contributed by atoms with Gasteiger partial charge in [0.25, 0.3) is 0 Å². The third-order valence-electron chi connectivity index (χ3n) is 1.86. The monoisotopic (exact) mass is 273 g/mol. The second-order valence-corrected chi connectivity index (χ2v) is 4.13. The molecule has 2 rings (SSSR count). The van der Waals surface area contributed by atoms with Crippen LogP contribution in [-0.4, -0.2) is 10.2 Å². The molecule has 1 heterocycles. The first-order valence-electron chi connectivity index (χ1n) is 4.37. The fourth-order valence-electron chi connectivity index (χ4n) is 1.15. The molecule has 6 heteroatoms. The molecule has 0 radical (unpaired) electrons. The summed E-state index contributed by atoms with van der Waals surface area (Å²) in [4.78, 5) is 0. The Balaban J connectivity index is 2.34. The summed E-state index contributed by atoms with van der Waals surface area (Å²) < 4.78 is 0. The fraction of sp³-hybridized carbons (Fsp3) is 0. The van der Waals surface area contributed by atoms with Crippen LogP contribution in [0.1, 0.15) is 0 Å². The van der Waals surface area contributed by atoms with E-state index < -0.39 is 0 Å². The van der Waals surface area contributed by atoms with Gasteiger partial charge in [0.2, 0.25) is 0 Å². The first-order valence-corrected chi connectivity index (χ1v) is 5.50. The van der Waals surface area contributed by atoms with Gasteiger partial charge in [-0.3, -0.25) is 0 Å². The Kier molecular flexibility index (Phi) is 3.49. The van der Waals surface area contributed by atoms with E-state index in [1.165, 1.54) is 0 Å². The van der Waals surface area contributed by atoms with Gasteiger partial charge >= 0.3 is 0 Å². The Bertz CT molecular complexity index is 516. The highest BCUT2D eigenvalue weighted by molar-refractivity contribution is 6.35. The number of anilines is 2. The Morgan fingerprint density at radius 1 is 0.938 bits per heavy atom. The first kappa shape index (κ1) is 11.5. The number of nitrogens with one attached hydrogen (secondary N) is 1. The second-order valence-electron chi connectivity index (χ2n) is 2.98. The van der Waals surface area contributed by atoms with E-state index in [1.54, 1.807) is 12.1 Å². The zero-order chi connectivity index (χ0) is 11.5. The molecule has 1 aromatic heterocycles. The van der Waals surface area contributed by atoms with Crippen LogP contribution in [-0.2, 0) is 0 Å². The standard InChI is InChI=1S/C10H6Cl3N3/c11-6-3-1-2-4-7(6)14-8-5-9(12)15-16-10(8)13/h1-5H,(H,14,15). The summed E-state index contributed by atoms with van der Waals surface area (Å²) in [6, 6.07) is 8.88. The molecule has 0 fully saturated rings. The molecule has 0 saturated carbocycles. The molecule has 0 amide bonds. The zero-order valence-corrected chi connectivity index (χ0v) is 10.2. The van der Waals surface area contributed by atoms with E-state index >= 15 is 0 Å². The molecule has 0 atom stereocenters. The highest BCUT2D eigenvalue weighted by atomic mass is 35.5. The van der Waals surface area contributed by atoms with Gasteiger partial charge in [0.1, 0.15) is 0 Å². The maximum atomic E-state index is 5.99. The van der Waals surface area contributed by atoms with Crippen molar-refractivity contribution in [3.8, 4) is 0 Å². The minimum atomic E-state index is 0.240. The molecule has 0 aliphatic heterocycles. The normalized spacial score (nSPS) is 10.2. The number of halogens is 3. The quantitative estimate of drug-likeness (QED) is 0.892. The minimum absolute atomic E-state index is 0.240. The van der Waals surface area contributed by atoms with E-state index in [1.807, 2.05) is 18.2 Å². The smallest absolute Gasteiger partial charge is 0.175 e. The van der Waals surface area contributed by atoms with Crippen molar-refractivity contribution in [1.29, 1.82) is 0 Å². The average molecular weight is 275 g/mol. The molecule has 0 aliphatic carbocycles. The number of benzene rings is 1.